The van der Waals surface area contributed by atoms with Crippen LogP contribution in [0.3, 0.4) is 0 Å². The topological polar surface area (TPSA) is 80.6 Å². The van der Waals surface area contributed by atoms with Crippen LogP contribution in [0.5, 0.6) is 5.75 Å². The molecule has 0 saturated carbocycles. The molecule has 0 saturated heterocycles. The van der Waals surface area contributed by atoms with Crippen molar-refractivity contribution in [2.75, 3.05) is 0 Å². The number of benzene rings is 1. The zero-order chi connectivity index (χ0) is 15.2. The van der Waals surface area contributed by atoms with Gasteiger partial charge in [-0.2, -0.15) is 0 Å². The third-order valence-corrected chi connectivity index (χ3v) is 3.01. The van der Waals surface area contributed by atoms with Gasteiger partial charge in [0.2, 0.25) is 0 Å². The van der Waals surface area contributed by atoms with Gasteiger partial charge in [0, 0.05) is 0 Å². The van der Waals surface area contributed by atoms with Crippen LogP contribution in [0.25, 0.3) is 0 Å². The molecule has 0 radical (unpaired) electrons. The van der Waals surface area contributed by atoms with Crippen molar-refractivity contribution in [1.29, 1.82) is 0 Å². The molecule has 0 amide bonds. The minimum absolute atomic E-state index is 0. The molecule has 0 aliphatic carbocycles. The summed E-state index contributed by atoms with van der Waals surface area (Å²) in [5, 5.41) is 9.15. The third-order valence-electron chi connectivity index (χ3n) is 3.01. The monoisotopic (exact) mass is 324 g/mol. The smallest absolute Gasteiger partial charge is 0.750 e. The van der Waals surface area contributed by atoms with E-state index < -0.39 is 11.4 Å². The van der Waals surface area contributed by atoms with Gasteiger partial charge >= 0.3 is 29.6 Å². The third kappa shape index (κ3) is 18.0. The van der Waals surface area contributed by atoms with E-state index in [-0.39, 0.29) is 29.6 Å². The van der Waals surface area contributed by atoms with Crippen molar-refractivity contribution in [3.05, 3.63) is 29.8 Å². The van der Waals surface area contributed by atoms with Crippen LogP contribution < -0.4 is 29.6 Å². The number of unbranched alkanes of at least 4 members (excludes halogenated alkanes) is 6. The number of phenolic OH excluding ortho intramolecular Hbond substituents is 1. The molecular formula is C15H25NaO4S. The van der Waals surface area contributed by atoms with Gasteiger partial charge < -0.3 is 14.2 Å². The van der Waals surface area contributed by atoms with E-state index >= 15 is 0 Å². The second kappa shape index (κ2) is 16.5. The van der Waals surface area contributed by atoms with Gasteiger partial charge in [-0.1, -0.05) is 57.6 Å². The summed E-state index contributed by atoms with van der Waals surface area (Å²) in [6, 6.07) is 7.59. The van der Waals surface area contributed by atoms with Crippen LogP contribution in [-0.4, -0.2) is 18.4 Å². The molecule has 0 bridgehead atoms. The van der Waals surface area contributed by atoms with Gasteiger partial charge in [-0.15, -0.1) is 0 Å². The zero-order valence-electron chi connectivity index (χ0n) is 13.1. The summed E-state index contributed by atoms with van der Waals surface area (Å²) in [4.78, 5) is 0. The number of aryl methyl sites for hydroxylation is 1. The van der Waals surface area contributed by atoms with E-state index in [2.05, 4.69) is 6.92 Å². The maximum absolute atomic E-state index is 9.15. The summed E-state index contributed by atoms with van der Waals surface area (Å²) in [5.74, 6) is 0.364. The van der Waals surface area contributed by atoms with Crippen molar-refractivity contribution < 1.29 is 48.0 Å². The van der Waals surface area contributed by atoms with E-state index in [0.29, 0.717) is 5.75 Å². The number of phenols is 1. The number of aromatic hydroxyl groups is 1. The van der Waals surface area contributed by atoms with Gasteiger partial charge in [-0.25, -0.2) is 4.21 Å². The first-order valence-electron chi connectivity index (χ1n) is 7.12. The Morgan fingerprint density at radius 2 is 1.43 bits per heavy atom. The molecule has 21 heavy (non-hydrogen) atoms. The molecule has 0 heterocycles. The van der Waals surface area contributed by atoms with Crippen molar-refractivity contribution in [1.82, 2.24) is 0 Å². The molecule has 0 fully saturated rings. The van der Waals surface area contributed by atoms with Crippen LogP contribution in [0.4, 0.5) is 0 Å². The van der Waals surface area contributed by atoms with Crippen molar-refractivity contribution in [3.8, 4) is 5.75 Å². The Morgan fingerprint density at radius 1 is 1.00 bits per heavy atom. The average Bonchev–Trinajstić information content (AvgIpc) is 2.39. The molecular weight excluding hydrogens is 299 g/mol. The van der Waals surface area contributed by atoms with E-state index in [1.165, 1.54) is 50.5 Å². The van der Waals surface area contributed by atoms with Crippen LogP contribution in [0, 0.1) is 0 Å². The molecule has 1 aromatic rings. The summed E-state index contributed by atoms with van der Waals surface area (Å²) in [7, 11) is 0. The van der Waals surface area contributed by atoms with Gasteiger partial charge in [-0.3, -0.25) is 0 Å². The zero-order valence-corrected chi connectivity index (χ0v) is 15.9. The Kier molecular flexibility index (Phi) is 18.3. The van der Waals surface area contributed by atoms with E-state index in [4.69, 9.17) is 18.4 Å². The Labute approximate surface area is 152 Å². The van der Waals surface area contributed by atoms with E-state index in [0.717, 1.165) is 6.42 Å². The molecule has 1 unspecified atom stereocenters. The Morgan fingerprint density at radius 3 is 1.90 bits per heavy atom. The summed E-state index contributed by atoms with van der Waals surface area (Å²) in [6.45, 7) is 2.25. The van der Waals surface area contributed by atoms with Gasteiger partial charge in [0.25, 0.3) is 0 Å². The molecule has 0 aliphatic heterocycles. The van der Waals surface area contributed by atoms with Crippen LogP contribution in [0.15, 0.2) is 24.3 Å². The van der Waals surface area contributed by atoms with Gasteiger partial charge in [-0.05, 0) is 30.5 Å². The SMILES string of the molecule is CCCCCCCCCc1ccc(O)cc1.O=S([O-])O.[Na+]. The van der Waals surface area contributed by atoms with Gasteiger partial charge in [0.15, 0.2) is 0 Å². The van der Waals surface area contributed by atoms with Crippen molar-refractivity contribution in [2.24, 2.45) is 0 Å². The standard InChI is InChI=1S/C15H24O.Na.H2O3S/c1-2-3-4-5-6-7-8-9-14-10-12-15(16)13-11-14;;1-4(2)3/h10-13,16H,2-9H2,1H3;;(H2,1,2,3)/q;+1;/p-1. The molecule has 0 aromatic heterocycles. The first-order chi connectivity index (χ1) is 9.56. The minimum atomic E-state index is -2.86. The Bertz CT molecular complexity index is 353. The molecule has 1 atom stereocenters. The molecule has 2 N–H and O–H groups in total. The maximum Gasteiger partial charge on any atom is 1.00 e. The average molecular weight is 324 g/mol. The van der Waals surface area contributed by atoms with Crippen LogP contribution in [-0.2, 0) is 17.8 Å². The van der Waals surface area contributed by atoms with E-state index in [9.17, 15) is 0 Å². The normalized spacial score (nSPS) is 11.0. The second-order valence-electron chi connectivity index (χ2n) is 4.75. The van der Waals surface area contributed by atoms with Crippen molar-refractivity contribution in [2.45, 2.75) is 58.3 Å². The minimum Gasteiger partial charge on any atom is -0.750 e. The predicted molar refractivity (Wildman–Crippen MR) is 81.4 cm³/mol. The fraction of sp³-hybridized carbons (Fsp3) is 0.600. The molecule has 0 spiro atoms. The van der Waals surface area contributed by atoms with E-state index in [1.807, 2.05) is 12.1 Å². The fourth-order valence-electron chi connectivity index (χ4n) is 1.95. The summed E-state index contributed by atoms with van der Waals surface area (Å²) in [6.07, 6.45) is 10.6. The van der Waals surface area contributed by atoms with Crippen LogP contribution in [0.2, 0.25) is 0 Å². The number of hydrogen-bond donors (Lipinski definition) is 2. The van der Waals surface area contributed by atoms with Crippen LogP contribution >= 0.6 is 0 Å². The maximum atomic E-state index is 9.15. The molecule has 4 nitrogen and oxygen atoms in total. The van der Waals surface area contributed by atoms with Crippen molar-refractivity contribution in [3.63, 3.8) is 0 Å². The van der Waals surface area contributed by atoms with Gasteiger partial charge in [0.1, 0.15) is 5.75 Å². The number of hydrogen-bond acceptors (Lipinski definition) is 3. The Hall–Kier alpha value is 0.0900. The van der Waals surface area contributed by atoms with Gasteiger partial charge in [0.05, 0.1) is 11.4 Å². The molecule has 116 valence electrons. The summed E-state index contributed by atoms with van der Waals surface area (Å²) >= 11 is -2.86. The Balaban J connectivity index is 0. The summed E-state index contributed by atoms with van der Waals surface area (Å²) in [5.41, 5.74) is 1.34. The molecule has 1 aromatic carbocycles. The largest absolute Gasteiger partial charge is 1.00 e. The number of rotatable bonds is 8. The second-order valence-corrected chi connectivity index (χ2v) is 5.19. The van der Waals surface area contributed by atoms with E-state index in [1.54, 1.807) is 12.1 Å². The van der Waals surface area contributed by atoms with Crippen molar-refractivity contribution >= 4 is 11.4 Å². The predicted octanol–water partition coefficient (Wildman–Crippen LogP) is 1.03. The molecule has 6 heteroatoms. The van der Waals surface area contributed by atoms with Crippen LogP contribution in [0.1, 0.15) is 57.4 Å². The fourth-order valence-corrected chi connectivity index (χ4v) is 1.95. The first-order valence-corrected chi connectivity index (χ1v) is 8.15. The molecule has 1 rings (SSSR count). The summed E-state index contributed by atoms with van der Waals surface area (Å²) < 4.78 is 24.1. The molecule has 0 aliphatic rings. The first kappa shape index (κ1) is 23.4. The quantitative estimate of drug-likeness (QED) is 0.425.